The van der Waals surface area contributed by atoms with Crippen LogP contribution in [0.5, 0.6) is 0 Å². The van der Waals surface area contributed by atoms with Crippen LogP contribution < -0.4 is 0 Å². The van der Waals surface area contributed by atoms with E-state index in [4.69, 9.17) is 4.74 Å². The summed E-state index contributed by atoms with van der Waals surface area (Å²) in [4.78, 5) is 10.3. The van der Waals surface area contributed by atoms with Crippen molar-refractivity contribution in [2.24, 2.45) is 0 Å². The van der Waals surface area contributed by atoms with Crippen molar-refractivity contribution in [3.05, 3.63) is 53.7 Å². The van der Waals surface area contributed by atoms with E-state index in [2.05, 4.69) is 57.7 Å². The number of nitrogens with zero attached hydrogens (tertiary/aromatic N) is 3. The van der Waals surface area contributed by atoms with Gasteiger partial charge in [-0.05, 0) is 25.6 Å². The van der Waals surface area contributed by atoms with Crippen LogP contribution >= 0.6 is 0 Å². The van der Waals surface area contributed by atoms with Crippen LogP contribution in [0.2, 0.25) is 0 Å². The van der Waals surface area contributed by atoms with E-state index in [1.165, 1.54) is 22.2 Å². The van der Waals surface area contributed by atoms with Gasteiger partial charge in [0.15, 0.2) is 0 Å². The molecule has 122 valence electrons. The molecule has 5 heteroatoms. The fourth-order valence-electron chi connectivity index (χ4n) is 2.95. The predicted molar refractivity (Wildman–Crippen MR) is 92.3 cm³/mol. The van der Waals surface area contributed by atoms with Gasteiger partial charge in [0, 0.05) is 49.2 Å². The number of aryl methyl sites for hydroxylation is 1. The molecule has 23 heavy (non-hydrogen) atoms. The van der Waals surface area contributed by atoms with E-state index < -0.39 is 0 Å². The SMILES string of the molecule is COCCn1ccnc1CN(C)Cc1[nH]c2ccccc2c1C. The van der Waals surface area contributed by atoms with Gasteiger partial charge in [-0.1, -0.05) is 18.2 Å². The van der Waals surface area contributed by atoms with Crippen LogP contribution in [-0.2, 0) is 24.4 Å². The number of hydrogen-bond donors (Lipinski definition) is 1. The predicted octanol–water partition coefficient (Wildman–Crippen LogP) is 2.95. The summed E-state index contributed by atoms with van der Waals surface area (Å²) in [7, 11) is 3.85. The van der Waals surface area contributed by atoms with Crippen molar-refractivity contribution >= 4 is 10.9 Å². The van der Waals surface area contributed by atoms with Crippen molar-refractivity contribution in [3.8, 4) is 0 Å². The molecule has 1 aromatic carbocycles. The summed E-state index contributed by atoms with van der Waals surface area (Å²) < 4.78 is 7.30. The van der Waals surface area contributed by atoms with E-state index in [-0.39, 0.29) is 0 Å². The number of fused-ring (bicyclic) bond motifs is 1. The summed E-state index contributed by atoms with van der Waals surface area (Å²) in [5, 5.41) is 1.30. The summed E-state index contributed by atoms with van der Waals surface area (Å²) in [6.45, 7) is 5.41. The summed E-state index contributed by atoms with van der Waals surface area (Å²) in [5.41, 5.74) is 3.80. The second-order valence-electron chi connectivity index (χ2n) is 5.98. The van der Waals surface area contributed by atoms with Gasteiger partial charge in [-0.3, -0.25) is 4.90 Å². The number of aromatic nitrogens is 3. The Morgan fingerprint density at radius 1 is 1.26 bits per heavy atom. The van der Waals surface area contributed by atoms with E-state index in [1.807, 2.05) is 12.4 Å². The van der Waals surface area contributed by atoms with Crippen LogP contribution in [0.1, 0.15) is 17.1 Å². The first-order valence-corrected chi connectivity index (χ1v) is 7.92. The lowest BCUT2D eigenvalue weighted by Gasteiger charge is -2.17. The molecule has 0 amide bonds. The van der Waals surface area contributed by atoms with Crippen LogP contribution in [-0.4, -0.2) is 40.2 Å². The normalized spacial score (nSPS) is 11.7. The summed E-state index contributed by atoms with van der Waals surface area (Å²) in [5.74, 6) is 1.07. The van der Waals surface area contributed by atoms with Gasteiger partial charge in [0.25, 0.3) is 0 Å². The van der Waals surface area contributed by atoms with Gasteiger partial charge in [0.2, 0.25) is 0 Å². The monoisotopic (exact) mass is 312 g/mol. The Morgan fingerprint density at radius 2 is 2.09 bits per heavy atom. The van der Waals surface area contributed by atoms with Gasteiger partial charge in [-0.25, -0.2) is 4.98 Å². The van der Waals surface area contributed by atoms with Crippen LogP contribution in [0.25, 0.3) is 10.9 Å². The Morgan fingerprint density at radius 3 is 2.87 bits per heavy atom. The van der Waals surface area contributed by atoms with E-state index in [0.717, 1.165) is 25.5 Å². The average molecular weight is 312 g/mol. The minimum absolute atomic E-state index is 0.703. The molecule has 2 aromatic heterocycles. The molecule has 0 unspecified atom stereocenters. The molecule has 2 heterocycles. The maximum Gasteiger partial charge on any atom is 0.122 e. The maximum absolute atomic E-state index is 5.15. The molecular weight excluding hydrogens is 288 g/mol. The van der Waals surface area contributed by atoms with Crippen molar-refractivity contribution in [1.29, 1.82) is 0 Å². The lowest BCUT2D eigenvalue weighted by atomic mass is 10.1. The Bertz CT molecular complexity index is 774. The van der Waals surface area contributed by atoms with Crippen molar-refractivity contribution in [3.63, 3.8) is 0 Å². The molecule has 0 aliphatic rings. The zero-order chi connectivity index (χ0) is 16.2. The van der Waals surface area contributed by atoms with Gasteiger partial charge < -0.3 is 14.3 Å². The second kappa shape index (κ2) is 6.98. The average Bonchev–Trinajstić information content (AvgIpc) is 3.11. The lowest BCUT2D eigenvalue weighted by Crippen LogP contribution is -2.21. The molecule has 3 rings (SSSR count). The zero-order valence-corrected chi connectivity index (χ0v) is 14.0. The number of benzene rings is 1. The quantitative estimate of drug-likeness (QED) is 0.729. The standard InChI is InChI=1S/C18H24N4O/c1-14-15-6-4-5-7-16(15)20-17(14)12-21(2)13-18-19-8-9-22(18)10-11-23-3/h4-9,20H,10-13H2,1-3H3. The molecule has 0 spiro atoms. The van der Waals surface area contributed by atoms with Gasteiger partial charge in [0.05, 0.1) is 13.2 Å². The fraction of sp³-hybridized carbons (Fsp3) is 0.389. The van der Waals surface area contributed by atoms with Crippen molar-refractivity contribution in [2.75, 3.05) is 20.8 Å². The number of hydrogen-bond acceptors (Lipinski definition) is 3. The molecule has 5 nitrogen and oxygen atoms in total. The Labute approximate surface area is 136 Å². The summed E-state index contributed by atoms with van der Waals surface area (Å²) in [6, 6.07) is 8.45. The number of nitrogens with one attached hydrogen (secondary N) is 1. The van der Waals surface area contributed by atoms with Crippen LogP contribution in [0.3, 0.4) is 0 Å². The Hall–Kier alpha value is -2.11. The number of para-hydroxylation sites is 1. The minimum atomic E-state index is 0.703. The van der Waals surface area contributed by atoms with Crippen LogP contribution in [0.4, 0.5) is 0 Å². The number of ether oxygens (including phenoxy) is 1. The van der Waals surface area contributed by atoms with E-state index >= 15 is 0 Å². The first kappa shape index (κ1) is 15.8. The number of imidazole rings is 1. The third-order valence-electron chi connectivity index (χ3n) is 4.25. The number of rotatable bonds is 7. The molecule has 1 N–H and O–H groups in total. The number of H-pyrrole nitrogens is 1. The van der Waals surface area contributed by atoms with Crippen molar-refractivity contribution in [2.45, 2.75) is 26.6 Å². The molecular formula is C18H24N4O. The fourth-order valence-corrected chi connectivity index (χ4v) is 2.95. The first-order valence-electron chi connectivity index (χ1n) is 7.92. The highest BCUT2D eigenvalue weighted by Gasteiger charge is 2.11. The maximum atomic E-state index is 5.15. The van der Waals surface area contributed by atoms with E-state index in [9.17, 15) is 0 Å². The Balaban J connectivity index is 1.70. The highest BCUT2D eigenvalue weighted by Crippen LogP contribution is 2.22. The van der Waals surface area contributed by atoms with E-state index in [0.29, 0.717) is 6.61 Å². The topological polar surface area (TPSA) is 46.1 Å². The highest BCUT2D eigenvalue weighted by molar-refractivity contribution is 5.84. The third kappa shape index (κ3) is 3.46. The number of methoxy groups -OCH3 is 1. The van der Waals surface area contributed by atoms with Crippen molar-refractivity contribution < 1.29 is 4.74 Å². The van der Waals surface area contributed by atoms with Crippen molar-refractivity contribution in [1.82, 2.24) is 19.4 Å². The first-order chi connectivity index (χ1) is 11.2. The molecule has 0 atom stereocenters. The highest BCUT2D eigenvalue weighted by atomic mass is 16.5. The molecule has 0 bridgehead atoms. The minimum Gasteiger partial charge on any atom is -0.383 e. The molecule has 0 aliphatic heterocycles. The Kier molecular flexibility index (Phi) is 4.79. The number of aromatic amines is 1. The van der Waals surface area contributed by atoms with Gasteiger partial charge >= 0.3 is 0 Å². The molecule has 0 saturated heterocycles. The van der Waals surface area contributed by atoms with Gasteiger partial charge in [-0.15, -0.1) is 0 Å². The summed E-state index contributed by atoms with van der Waals surface area (Å²) >= 11 is 0. The largest absolute Gasteiger partial charge is 0.383 e. The molecule has 0 saturated carbocycles. The van der Waals surface area contributed by atoms with E-state index in [1.54, 1.807) is 7.11 Å². The van der Waals surface area contributed by atoms with Gasteiger partial charge in [-0.2, -0.15) is 0 Å². The van der Waals surface area contributed by atoms with Crippen LogP contribution in [0, 0.1) is 6.92 Å². The molecule has 3 aromatic rings. The second-order valence-corrected chi connectivity index (χ2v) is 5.98. The zero-order valence-electron chi connectivity index (χ0n) is 14.0. The lowest BCUT2D eigenvalue weighted by molar-refractivity contribution is 0.184. The third-order valence-corrected chi connectivity index (χ3v) is 4.25. The molecule has 0 fully saturated rings. The smallest absolute Gasteiger partial charge is 0.122 e. The van der Waals surface area contributed by atoms with Crippen LogP contribution in [0.15, 0.2) is 36.7 Å². The van der Waals surface area contributed by atoms with Gasteiger partial charge in [0.1, 0.15) is 5.82 Å². The molecule has 0 radical (unpaired) electrons. The molecule has 0 aliphatic carbocycles. The summed E-state index contributed by atoms with van der Waals surface area (Å²) in [6.07, 6.45) is 3.86.